The molecule has 0 spiro atoms. The summed E-state index contributed by atoms with van der Waals surface area (Å²) < 4.78 is 60.5. The van der Waals surface area contributed by atoms with E-state index in [-0.39, 0.29) is 15.8 Å². The number of hydrogen-bond acceptors (Lipinski definition) is 3. The third kappa shape index (κ3) is 2.47. The van der Waals surface area contributed by atoms with Crippen LogP contribution in [0.15, 0.2) is 21.8 Å². The van der Waals surface area contributed by atoms with Gasteiger partial charge in [-0.25, -0.2) is 13.4 Å². The highest BCUT2D eigenvalue weighted by molar-refractivity contribution is 9.10. The third-order valence-electron chi connectivity index (χ3n) is 2.11. The summed E-state index contributed by atoms with van der Waals surface area (Å²) in [6, 6.07) is 1.22. The molecular formula is C8H3BrClF3N2O2S. The SMILES string of the molecule is O=S(=O)(Cl)c1cc(C(F)(F)F)cc2[nH]c(Br)nc12. The highest BCUT2D eigenvalue weighted by Crippen LogP contribution is 2.35. The summed E-state index contributed by atoms with van der Waals surface area (Å²) in [6.07, 6.45) is -4.68. The molecule has 0 fully saturated rings. The first-order valence-electron chi connectivity index (χ1n) is 4.30. The quantitative estimate of drug-likeness (QED) is 0.791. The standard InChI is InChI=1S/C8H3BrClF3N2O2S/c9-7-14-4-1-3(8(11,12)13)2-5(6(4)15-7)18(10,16)17/h1-2H,(H,14,15). The predicted octanol–water partition coefficient (Wildman–Crippen LogP) is 3.27. The largest absolute Gasteiger partial charge is 0.416 e. The van der Waals surface area contributed by atoms with Crippen molar-refractivity contribution in [1.29, 1.82) is 0 Å². The molecule has 1 heterocycles. The lowest BCUT2D eigenvalue weighted by atomic mass is 10.2. The number of aromatic amines is 1. The number of H-pyrrole nitrogens is 1. The number of aromatic nitrogens is 2. The molecular weight excluding hydrogens is 361 g/mol. The molecule has 0 saturated carbocycles. The van der Waals surface area contributed by atoms with Crippen LogP contribution in [0, 0.1) is 0 Å². The Labute approximate surface area is 112 Å². The maximum absolute atomic E-state index is 12.6. The fourth-order valence-corrected chi connectivity index (χ4v) is 2.80. The molecule has 0 unspecified atom stereocenters. The molecule has 10 heteroatoms. The number of benzene rings is 1. The van der Waals surface area contributed by atoms with Gasteiger partial charge >= 0.3 is 6.18 Å². The summed E-state index contributed by atoms with van der Waals surface area (Å²) >= 11 is 2.91. The van der Waals surface area contributed by atoms with Gasteiger partial charge in [0.2, 0.25) is 0 Å². The fourth-order valence-electron chi connectivity index (χ4n) is 1.41. The van der Waals surface area contributed by atoms with Crippen molar-refractivity contribution >= 4 is 46.7 Å². The molecule has 0 atom stereocenters. The molecule has 0 bridgehead atoms. The van der Waals surface area contributed by atoms with Crippen molar-refractivity contribution in [2.24, 2.45) is 0 Å². The topological polar surface area (TPSA) is 62.8 Å². The molecule has 1 aromatic heterocycles. The minimum absolute atomic E-state index is 0.0732. The van der Waals surface area contributed by atoms with Crippen LogP contribution in [-0.4, -0.2) is 18.4 Å². The molecule has 2 aromatic rings. The number of hydrogen-bond donors (Lipinski definition) is 1. The van der Waals surface area contributed by atoms with E-state index in [2.05, 4.69) is 25.9 Å². The van der Waals surface area contributed by atoms with E-state index in [9.17, 15) is 21.6 Å². The molecule has 0 aliphatic carbocycles. The van der Waals surface area contributed by atoms with Crippen molar-refractivity contribution in [2.45, 2.75) is 11.1 Å². The van der Waals surface area contributed by atoms with Gasteiger partial charge in [0.1, 0.15) is 10.4 Å². The van der Waals surface area contributed by atoms with Crippen molar-refractivity contribution < 1.29 is 21.6 Å². The Kier molecular flexibility index (Phi) is 3.11. The minimum atomic E-state index is -4.68. The van der Waals surface area contributed by atoms with Crippen LogP contribution in [-0.2, 0) is 15.2 Å². The van der Waals surface area contributed by atoms with Crippen LogP contribution in [0.1, 0.15) is 5.56 Å². The molecule has 0 aliphatic heterocycles. The second-order valence-electron chi connectivity index (χ2n) is 3.33. The number of alkyl halides is 3. The highest BCUT2D eigenvalue weighted by atomic mass is 79.9. The summed E-state index contributed by atoms with van der Waals surface area (Å²) in [5.41, 5.74) is -1.34. The molecule has 0 saturated heterocycles. The monoisotopic (exact) mass is 362 g/mol. The van der Waals surface area contributed by atoms with Crippen LogP contribution in [0.2, 0.25) is 0 Å². The van der Waals surface area contributed by atoms with Crippen molar-refractivity contribution in [2.75, 3.05) is 0 Å². The van der Waals surface area contributed by atoms with Gasteiger partial charge < -0.3 is 4.98 Å². The van der Waals surface area contributed by atoms with Crippen LogP contribution >= 0.6 is 26.6 Å². The van der Waals surface area contributed by atoms with Crippen molar-refractivity contribution in [3.63, 3.8) is 0 Å². The minimum Gasteiger partial charge on any atom is -0.332 e. The van der Waals surface area contributed by atoms with E-state index in [4.69, 9.17) is 10.7 Å². The summed E-state index contributed by atoms with van der Waals surface area (Å²) in [7, 11) is 0.775. The predicted molar refractivity (Wildman–Crippen MR) is 61.8 cm³/mol. The first-order chi connectivity index (χ1) is 8.09. The molecule has 1 aromatic carbocycles. The number of rotatable bonds is 1. The van der Waals surface area contributed by atoms with Crippen LogP contribution in [0.4, 0.5) is 13.2 Å². The van der Waals surface area contributed by atoms with Gasteiger partial charge in [-0.3, -0.25) is 0 Å². The molecule has 0 amide bonds. The Bertz CT molecular complexity index is 726. The van der Waals surface area contributed by atoms with Crippen molar-refractivity contribution in [3.05, 3.63) is 22.4 Å². The van der Waals surface area contributed by atoms with E-state index in [0.717, 1.165) is 6.07 Å². The van der Waals surface area contributed by atoms with Crippen molar-refractivity contribution in [1.82, 2.24) is 9.97 Å². The molecule has 0 radical (unpaired) electrons. The van der Waals surface area contributed by atoms with Crippen LogP contribution in [0.25, 0.3) is 11.0 Å². The average Bonchev–Trinajstić information content (AvgIpc) is 2.52. The summed E-state index contributed by atoms with van der Waals surface area (Å²) in [6.45, 7) is 0. The zero-order valence-electron chi connectivity index (χ0n) is 8.22. The summed E-state index contributed by atoms with van der Waals surface area (Å²) in [4.78, 5) is 5.51. The Morgan fingerprint density at radius 1 is 1.33 bits per heavy atom. The van der Waals surface area contributed by atoms with Gasteiger partial charge in [0.25, 0.3) is 9.05 Å². The van der Waals surface area contributed by atoms with Gasteiger partial charge in [-0.2, -0.15) is 13.2 Å². The van der Waals surface area contributed by atoms with E-state index < -0.39 is 25.7 Å². The molecule has 1 N–H and O–H groups in total. The second-order valence-corrected chi connectivity index (χ2v) is 6.62. The Morgan fingerprint density at radius 2 is 1.94 bits per heavy atom. The van der Waals surface area contributed by atoms with Crippen molar-refractivity contribution in [3.8, 4) is 0 Å². The molecule has 4 nitrogen and oxygen atoms in total. The lowest BCUT2D eigenvalue weighted by Gasteiger charge is -2.08. The summed E-state index contributed by atoms with van der Waals surface area (Å²) in [5, 5.41) is 0. The van der Waals surface area contributed by atoms with E-state index in [0.29, 0.717) is 6.07 Å². The van der Waals surface area contributed by atoms with Gasteiger partial charge in [-0.05, 0) is 28.1 Å². The van der Waals surface area contributed by atoms with Crippen LogP contribution in [0.3, 0.4) is 0 Å². The van der Waals surface area contributed by atoms with Gasteiger partial charge in [0.05, 0.1) is 11.1 Å². The smallest absolute Gasteiger partial charge is 0.332 e. The Hall–Kier alpha value is -0.800. The maximum Gasteiger partial charge on any atom is 0.416 e. The lowest BCUT2D eigenvalue weighted by Crippen LogP contribution is -2.06. The Balaban J connectivity index is 2.89. The second kappa shape index (κ2) is 4.10. The zero-order chi connectivity index (χ0) is 13.7. The normalized spacial score (nSPS) is 13.2. The molecule has 0 aliphatic rings. The molecule has 2 rings (SSSR count). The number of halogens is 5. The van der Waals surface area contributed by atoms with Gasteiger partial charge in [0.15, 0.2) is 4.73 Å². The Morgan fingerprint density at radius 3 is 2.44 bits per heavy atom. The average molecular weight is 364 g/mol. The van der Waals surface area contributed by atoms with E-state index in [1.54, 1.807) is 0 Å². The lowest BCUT2D eigenvalue weighted by molar-refractivity contribution is -0.137. The number of nitrogens with one attached hydrogen (secondary N) is 1. The number of fused-ring (bicyclic) bond motifs is 1. The van der Waals surface area contributed by atoms with E-state index in [1.807, 2.05) is 0 Å². The van der Waals surface area contributed by atoms with Crippen LogP contribution in [0.5, 0.6) is 0 Å². The van der Waals surface area contributed by atoms with Gasteiger partial charge in [-0.15, -0.1) is 0 Å². The van der Waals surface area contributed by atoms with E-state index in [1.165, 1.54) is 0 Å². The van der Waals surface area contributed by atoms with Crippen LogP contribution < -0.4 is 0 Å². The third-order valence-corrected chi connectivity index (χ3v) is 3.82. The maximum atomic E-state index is 12.6. The van der Waals surface area contributed by atoms with E-state index >= 15 is 0 Å². The fraction of sp³-hybridized carbons (Fsp3) is 0.125. The van der Waals surface area contributed by atoms with Gasteiger partial charge in [-0.1, -0.05) is 0 Å². The first kappa shape index (κ1) is 13.6. The number of nitrogens with zero attached hydrogens (tertiary/aromatic N) is 1. The number of imidazole rings is 1. The molecule has 98 valence electrons. The summed E-state index contributed by atoms with van der Waals surface area (Å²) in [5.74, 6) is 0. The molecule has 18 heavy (non-hydrogen) atoms. The zero-order valence-corrected chi connectivity index (χ0v) is 11.4. The highest BCUT2D eigenvalue weighted by Gasteiger charge is 2.33. The van der Waals surface area contributed by atoms with Gasteiger partial charge in [0, 0.05) is 10.7 Å². The first-order valence-corrected chi connectivity index (χ1v) is 7.40.